The van der Waals surface area contributed by atoms with Gasteiger partial charge in [-0.25, -0.2) is 4.79 Å². The second kappa shape index (κ2) is 15.9. The zero-order chi connectivity index (χ0) is 29.9. The number of hydrogen-bond acceptors (Lipinski definition) is 7. The van der Waals surface area contributed by atoms with Crippen molar-refractivity contribution in [3.8, 4) is 0 Å². The van der Waals surface area contributed by atoms with Crippen LogP contribution in [0.1, 0.15) is 66.7 Å². The summed E-state index contributed by atoms with van der Waals surface area (Å²) in [5, 5.41) is 17.5. The number of amides is 4. The average molecular weight is 555 g/mol. The van der Waals surface area contributed by atoms with Gasteiger partial charge in [0, 0.05) is 13.1 Å². The van der Waals surface area contributed by atoms with E-state index in [1.165, 1.54) is 11.8 Å². The number of nitrogens with two attached hydrogens (primary N) is 3. The van der Waals surface area contributed by atoms with E-state index in [1.54, 1.807) is 13.8 Å². The SMILES string of the molecule is CC(C)C[C@H](NC(=O)[C@H](C)N)C(=O)N[C@H](C(=O)N1CCC[C@H]1C(=O)N[C@@H](CCCN=C(N)N)C(=O)O)C(C)C. The molecular formula is C25H46N8O6. The Kier molecular flexibility index (Phi) is 13.7. The van der Waals surface area contributed by atoms with E-state index in [9.17, 15) is 29.1 Å². The summed E-state index contributed by atoms with van der Waals surface area (Å²) in [6.45, 7) is 9.36. The van der Waals surface area contributed by atoms with E-state index in [-0.39, 0.29) is 37.3 Å². The Morgan fingerprint density at radius 1 is 0.974 bits per heavy atom. The van der Waals surface area contributed by atoms with Gasteiger partial charge in [-0.05, 0) is 50.9 Å². The van der Waals surface area contributed by atoms with Crippen molar-refractivity contribution in [1.29, 1.82) is 0 Å². The molecule has 0 saturated carbocycles. The van der Waals surface area contributed by atoms with Crippen LogP contribution in [0.4, 0.5) is 0 Å². The number of carbonyl (C=O) groups is 5. The maximum Gasteiger partial charge on any atom is 0.326 e. The van der Waals surface area contributed by atoms with Crippen molar-refractivity contribution < 1.29 is 29.1 Å². The predicted molar refractivity (Wildman–Crippen MR) is 146 cm³/mol. The highest BCUT2D eigenvalue weighted by Crippen LogP contribution is 2.21. The molecule has 1 saturated heterocycles. The number of guanidine groups is 1. The van der Waals surface area contributed by atoms with Crippen LogP contribution in [0.25, 0.3) is 0 Å². The first kappa shape index (κ1) is 33.6. The van der Waals surface area contributed by atoms with E-state index in [0.717, 1.165) is 0 Å². The van der Waals surface area contributed by atoms with Gasteiger partial charge >= 0.3 is 5.97 Å². The summed E-state index contributed by atoms with van der Waals surface area (Å²) in [5.74, 6) is -3.58. The zero-order valence-corrected chi connectivity index (χ0v) is 23.6. The molecule has 0 spiro atoms. The molecule has 0 aliphatic carbocycles. The molecule has 0 unspecified atom stereocenters. The number of rotatable bonds is 15. The number of carboxylic acid groups (broad SMARTS) is 1. The van der Waals surface area contributed by atoms with E-state index in [2.05, 4.69) is 20.9 Å². The summed E-state index contributed by atoms with van der Waals surface area (Å²) in [7, 11) is 0. The van der Waals surface area contributed by atoms with Gasteiger partial charge in [-0.15, -0.1) is 0 Å². The number of carbonyl (C=O) groups excluding carboxylic acids is 4. The largest absolute Gasteiger partial charge is 0.480 e. The van der Waals surface area contributed by atoms with Crippen LogP contribution in [-0.4, -0.2) is 88.9 Å². The van der Waals surface area contributed by atoms with Crippen LogP contribution in [0, 0.1) is 11.8 Å². The summed E-state index contributed by atoms with van der Waals surface area (Å²) in [6, 6.07) is -4.69. The fourth-order valence-corrected chi connectivity index (χ4v) is 4.28. The molecule has 0 aromatic heterocycles. The fraction of sp³-hybridized carbons (Fsp3) is 0.760. The molecule has 0 aromatic carbocycles. The summed E-state index contributed by atoms with van der Waals surface area (Å²) in [4.78, 5) is 68.9. The van der Waals surface area contributed by atoms with Crippen molar-refractivity contribution in [2.45, 2.75) is 96.9 Å². The standard InChI is InChI=1S/C25H46N8O6/c1-13(2)12-17(31-20(34)15(5)26)21(35)32-19(14(3)4)23(37)33-11-7-9-18(33)22(36)30-16(24(38)39)8-6-10-29-25(27)28/h13-19H,6-12,26H2,1-5H3,(H,30,36)(H,31,34)(H,32,35)(H,38,39)(H4,27,28,29)/t15-,16-,17-,18-,19-/m0/s1. The predicted octanol–water partition coefficient (Wildman–Crippen LogP) is -1.38. The van der Waals surface area contributed by atoms with Gasteiger partial charge in [0.2, 0.25) is 23.6 Å². The highest BCUT2D eigenvalue weighted by molar-refractivity contribution is 5.95. The second-order valence-corrected chi connectivity index (χ2v) is 10.7. The van der Waals surface area contributed by atoms with Gasteiger partial charge in [0.15, 0.2) is 5.96 Å². The van der Waals surface area contributed by atoms with Gasteiger partial charge in [-0.2, -0.15) is 0 Å². The first-order chi connectivity index (χ1) is 18.1. The van der Waals surface area contributed by atoms with Gasteiger partial charge in [0.05, 0.1) is 6.04 Å². The number of carboxylic acids is 1. The van der Waals surface area contributed by atoms with Gasteiger partial charge < -0.3 is 43.2 Å². The van der Waals surface area contributed by atoms with Gasteiger partial charge in [-0.3, -0.25) is 24.2 Å². The number of aliphatic imine (C=N–C) groups is 1. The molecule has 39 heavy (non-hydrogen) atoms. The van der Waals surface area contributed by atoms with Crippen molar-refractivity contribution in [3.05, 3.63) is 0 Å². The molecule has 5 atom stereocenters. The van der Waals surface area contributed by atoms with Crippen LogP contribution in [0.3, 0.4) is 0 Å². The molecule has 4 amide bonds. The Bertz CT molecular complexity index is 903. The van der Waals surface area contributed by atoms with E-state index < -0.39 is 59.8 Å². The minimum atomic E-state index is -1.21. The quantitative estimate of drug-likeness (QED) is 0.0716. The number of hydrogen-bond donors (Lipinski definition) is 7. The molecule has 0 aromatic rings. The normalized spacial score (nSPS) is 18.2. The molecule has 10 N–H and O–H groups in total. The van der Waals surface area contributed by atoms with Crippen LogP contribution in [0.15, 0.2) is 4.99 Å². The highest BCUT2D eigenvalue weighted by atomic mass is 16.4. The van der Waals surface area contributed by atoms with Gasteiger partial charge in [0.1, 0.15) is 24.2 Å². The molecular weight excluding hydrogens is 508 g/mol. The molecule has 222 valence electrons. The minimum Gasteiger partial charge on any atom is -0.480 e. The third kappa shape index (κ3) is 11.1. The van der Waals surface area contributed by atoms with Gasteiger partial charge in [-0.1, -0.05) is 27.7 Å². The Hall–Kier alpha value is -3.42. The topological polar surface area (TPSA) is 235 Å². The van der Waals surface area contributed by atoms with E-state index in [0.29, 0.717) is 25.7 Å². The number of aliphatic carboxylic acids is 1. The lowest BCUT2D eigenvalue weighted by molar-refractivity contribution is -0.145. The van der Waals surface area contributed by atoms with Crippen molar-refractivity contribution in [1.82, 2.24) is 20.9 Å². The molecule has 0 bridgehead atoms. The summed E-state index contributed by atoms with van der Waals surface area (Å²) in [6.07, 6.45) is 1.69. The maximum absolute atomic E-state index is 13.6. The minimum absolute atomic E-state index is 0.0793. The lowest BCUT2D eigenvalue weighted by atomic mass is 9.99. The van der Waals surface area contributed by atoms with Crippen molar-refractivity contribution in [3.63, 3.8) is 0 Å². The molecule has 1 rings (SSSR count). The van der Waals surface area contributed by atoms with Crippen molar-refractivity contribution in [2.75, 3.05) is 13.1 Å². The third-order valence-electron chi connectivity index (χ3n) is 6.38. The smallest absolute Gasteiger partial charge is 0.326 e. The lowest BCUT2D eigenvalue weighted by Gasteiger charge is -2.32. The van der Waals surface area contributed by atoms with E-state index in [4.69, 9.17) is 17.2 Å². The van der Waals surface area contributed by atoms with Gasteiger partial charge in [0.25, 0.3) is 0 Å². The number of likely N-dealkylation sites (tertiary alicyclic amines) is 1. The monoisotopic (exact) mass is 554 g/mol. The lowest BCUT2D eigenvalue weighted by Crippen LogP contribution is -2.59. The second-order valence-electron chi connectivity index (χ2n) is 10.7. The first-order valence-electron chi connectivity index (χ1n) is 13.4. The molecule has 1 aliphatic heterocycles. The maximum atomic E-state index is 13.6. The first-order valence-corrected chi connectivity index (χ1v) is 13.4. The molecule has 1 fully saturated rings. The molecule has 1 aliphatic rings. The van der Waals surface area contributed by atoms with Crippen LogP contribution in [0.5, 0.6) is 0 Å². The Morgan fingerprint density at radius 2 is 1.62 bits per heavy atom. The molecule has 14 nitrogen and oxygen atoms in total. The highest BCUT2D eigenvalue weighted by Gasteiger charge is 2.40. The average Bonchev–Trinajstić information content (AvgIpc) is 3.32. The molecule has 1 heterocycles. The van der Waals surface area contributed by atoms with Crippen LogP contribution in [-0.2, 0) is 24.0 Å². The molecule has 0 radical (unpaired) electrons. The summed E-state index contributed by atoms with van der Waals surface area (Å²) >= 11 is 0. The van der Waals surface area contributed by atoms with Crippen LogP contribution in [0.2, 0.25) is 0 Å². The van der Waals surface area contributed by atoms with Crippen molar-refractivity contribution in [2.24, 2.45) is 34.0 Å². The number of nitrogens with one attached hydrogen (secondary N) is 3. The van der Waals surface area contributed by atoms with Crippen LogP contribution >= 0.6 is 0 Å². The molecule has 14 heteroatoms. The van der Waals surface area contributed by atoms with E-state index in [1.807, 2.05) is 13.8 Å². The Balaban J connectivity index is 2.98. The summed E-state index contributed by atoms with van der Waals surface area (Å²) in [5.41, 5.74) is 16.2. The third-order valence-corrected chi connectivity index (χ3v) is 6.38. The Labute approximate surface area is 229 Å². The summed E-state index contributed by atoms with van der Waals surface area (Å²) < 4.78 is 0. The zero-order valence-electron chi connectivity index (χ0n) is 23.6. The van der Waals surface area contributed by atoms with Crippen molar-refractivity contribution >= 4 is 35.6 Å². The number of nitrogens with zero attached hydrogens (tertiary/aromatic N) is 2. The van der Waals surface area contributed by atoms with E-state index >= 15 is 0 Å². The Morgan fingerprint density at radius 3 is 2.13 bits per heavy atom. The van der Waals surface area contributed by atoms with Crippen LogP contribution < -0.4 is 33.2 Å². The fourth-order valence-electron chi connectivity index (χ4n) is 4.28.